The van der Waals surface area contributed by atoms with Gasteiger partial charge in [0, 0.05) is 21.5 Å². The molecule has 2 aliphatic carbocycles. The van der Waals surface area contributed by atoms with Crippen molar-refractivity contribution < 1.29 is 0 Å². The Morgan fingerprint density at radius 3 is 1.57 bits per heavy atom. The first-order chi connectivity index (χ1) is 19.8. The van der Waals surface area contributed by atoms with E-state index in [-0.39, 0.29) is 5.56 Å². The first-order valence-corrected chi connectivity index (χ1v) is 13.8. The van der Waals surface area contributed by atoms with Gasteiger partial charge in [-0.05, 0) is 68.1 Å². The van der Waals surface area contributed by atoms with Crippen LogP contribution >= 0.6 is 0 Å². The summed E-state index contributed by atoms with van der Waals surface area (Å²) in [5.74, 6) is 0. The van der Waals surface area contributed by atoms with Gasteiger partial charge in [-0.25, -0.2) is 0 Å². The minimum atomic E-state index is -0.396. The molecule has 0 saturated carbocycles. The maximum absolute atomic E-state index is 14.1. The number of nitrogens with zero attached hydrogens (tertiary/aromatic N) is 1. The lowest BCUT2D eigenvalue weighted by Gasteiger charge is -2.30. The van der Waals surface area contributed by atoms with Crippen LogP contribution in [0.1, 0.15) is 22.3 Å². The largest absolute Gasteiger partial charge is 0.275 e. The molecule has 0 N–H and O–H groups in total. The Morgan fingerprint density at radius 1 is 0.425 bits per heavy atom. The van der Waals surface area contributed by atoms with Crippen LogP contribution in [-0.2, 0) is 5.41 Å². The lowest BCUT2D eigenvalue weighted by Crippen LogP contribution is -2.25. The Morgan fingerprint density at radius 2 is 0.925 bits per heavy atom. The fourth-order valence-electron chi connectivity index (χ4n) is 8.10. The molecule has 2 aromatic heterocycles. The van der Waals surface area contributed by atoms with Crippen LogP contribution in [0.3, 0.4) is 0 Å². The molecule has 0 radical (unpaired) electrons. The smallest absolute Gasteiger partial charge is 0.263 e. The first kappa shape index (κ1) is 20.7. The molecule has 40 heavy (non-hydrogen) atoms. The highest BCUT2D eigenvalue weighted by molar-refractivity contribution is 6.21. The topological polar surface area (TPSA) is 21.5 Å². The molecule has 184 valence electrons. The van der Waals surface area contributed by atoms with E-state index in [0.29, 0.717) is 0 Å². The number of hydrogen-bond acceptors (Lipinski definition) is 1. The van der Waals surface area contributed by atoms with Crippen molar-refractivity contribution in [2.45, 2.75) is 5.41 Å². The van der Waals surface area contributed by atoms with Crippen LogP contribution < -0.4 is 5.56 Å². The molecule has 2 heteroatoms. The van der Waals surface area contributed by atoms with Crippen molar-refractivity contribution >= 4 is 38.0 Å². The molecule has 0 atom stereocenters. The van der Waals surface area contributed by atoms with Gasteiger partial charge >= 0.3 is 0 Å². The molecule has 0 amide bonds. The summed E-state index contributed by atoms with van der Waals surface area (Å²) in [6, 6.07) is 45.8. The number of benzene rings is 6. The highest BCUT2D eigenvalue weighted by Crippen LogP contribution is 2.63. The molecule has 2 heterocycles. The lowest BCUT2D eigenvalue weighted by molar-refractivity contribution is 0.795. The van der Waals surface area contributed by atoms with Crippen LogP contribution in [-0.4, -0.2) is 4.40 Å². The van der Waals surface area contributed by atoms with E-state index in [9.17, 15) is 4.79 Å². The van der Waals surface area contributed by atoms with Gasteiger partial charge in [0.05, 0.1) is 16.4 Å². The number of rotatable bonds is 0. The molecule has 2 aliphatic rings. The van der Waals surface area contributed by atoms with Gasteiger partial charge in [0.1, 0.15) is 0 Å². The molecule has 10 rings (SSSR count). The van der Waals surface area contributed by atoms with E-state index in [1.165, 1.54) is 44.5 Å². The highest BCUT2D eigenvalue weighted by Gasteiger charge is 2.51. The summed E-state index contributed by atoms with van der Waals surface area (Å²) in [5, 5.41) is 5.16. The van der Waals surface area contributed by atoms with Crippen LogP contribution in [0.15, 0.2) is 132 Å². The lowest BCUT2D eigenvalue weighted by atomic mass is 9.70. The average molecular weight is 508 g/mol. The van der Waals surface area contributed by atoms with Crippen molar-refractivity contribution in [3.63, 3.8) is 0 Å². The number of aromatic nitrogens is 1. The second-order valence-corrected chi connectivity index (χ2v) is 11.2. The molecule has 2 nitrogen and oxygen atoms in total. The van der Waals surface area contributed by atoms with Crippen molar-refractivity contribution in [3.8, 4) is 22.3 Å². The van der Waals surface area contributed by atoms with Crippen LogP contribution in [0.4, 0.5) is 0 Å². The fraction of sp³-hybridized carbons (Fsp3) is 0.0263. The monoisotopic (exact) mass is 507 g/mol. The molecule has 0 saturated heterocycles. The standard InChI is InChI=1S/C38H21NO/c40-37-28-14-2-1-10-22(28)26-15-9-16-27-30-20-34-29(21-35(30)39(37)36(26)27)25-13-5-8-19-33(25)38(34)31-17-6-3-11-23(31)24-12-4-7-18-32(24)38/h1-21H. The molecule has 1 spiro atoms. The fourth-order valence-corrected chi connectivity index (χ4v) is 8.10. The summed E-state index contributed by atoms with van der Waals surface area (Å²) < 4.78 is 1.97. The van der Waals surface area contributed by atoms with Gasteiger partial charge < -0.3 is 0 Å². The summed E-state index contributed by atoms with van der Waals surface area (Å²) in [6.07, 6.45) is 0. The van der Waals surface area contributed by atoms with Gasteiger partial charge in [-0.2, -0.15) is 0 Å². The highest BCUT2D eigenvalue weighted by atomic mass is 16.1. The summed E-state index contributed by atoms with van der Waals surface area (Å²) in [7, 11) is 0. The predicted molar refractivity (Wildman–Crippen MR) is 164 cm³/mol. The summed E-state index contributed by atoms with van der Waals surface area (Å²) in [5.41, 5.74) is 12.0. The minimum Gasteiger partial charge on any atom is -0.275 e. The predicted octanol–water partition coefficient (Wildman–Crippen LogP) is 8.54. The second-order valence-electron chi connectivity index (χ2n) is 11.2. The van der Waals surface area contributed by atoms with Gasteiger partial charge in [0.2, 0.25) is 0 Å². The van der Waals surface area contributed by atoms with Crippen LogP contribution in [0.25, 0.3) is 60.2 Å². The van der Waals surface area contributed by atoms with E-state index < -0.39 is 5.41 Å². The Kier molecular flexibility index (Phi) is 3.55. The number of para-hydroxylation sites is 1. The summed E-state index contributed by atoms with van der Waals surface area (Å²) in [6.45, 7) is 0. The maximum atomic E-state index is 14.1. The Hall–Kier alpha value is -5.21. The zero-order chi connectivity index (χ0) is 26.2. The summed E-state index contributed by atoms with van der Waals surface area (Å²) in [4.78, 5) is 14.1. The van der Waals surface area contributed by atoms with Gasteiger partial charge in [-0.1, -0.05) is 109 Å². The number of pyridine rings is 1. The van der Waals surface area contributed by atoms with Crippen LogP contribution in [0.5, 0.6) is 0 Å². The number of fused-ring (bicyclic) bond motifs is 15. The normalized spacial score (nSPS) is 14.3. The maximum Gasteiger partial charge on any atom is 0.263 e. The molecule has 0 bridgehead atoms. The van der Waals surface area contributed by atoms with E-state index in [1.807, 2.05) is 22.6 Å². The average Bonchev–Trinajstić information content (AvgIpc) is 3.61. The first-order valence-electron chi connectivity index (χ1n) is 13.8. The van der Waals surface area contributed by atoms with Gasteiger partial charge in [-0.15, -0.1) is 0 Å². The van der Waals surface area contributed by atoms with Gasteiger partial charge in [0.15, 0.2) is 0 Å². The van der Waals surface area contributed by atoms with Crippen molar-refractivity contribution in [1.29, 1.82) is 0 Å². The third-order valence-corrected chi connectivity index (χ3v) is 9.55. The van der Waals surface area contributed by atoms with E-state index in [1.54, 1.807) is 0 Å². The molecule has 0 fully saturated rings. The van der Waals surface area contributed by atoms with E-state index in [0.717, 1.165) is 38.0 Å². The molecular formula is C38H21NO. The summed E-state index contributed by atoms with van der Waals surface area (Å²) >= 11 is 0. The molecule has 0 aliphatic heterocycles. The van der Waals surface area contributed by atoms with Crippen molar-refractivity contribution in [1.82, 2.24) is 4.40 Å². The van der Waals surface area contributed by atoms with E-state index >= 15 is 0 Å². The zero-order valence-electron chi connectivity index (χ0n) is 21.5. The Bertz CT molecular complexity index is 2420. The molecule has 0 unspecified atom stereocenters. The quantitative estimate of drug-likeness (QED) is 0.189. The zero-order valence-corrected chi connectivity index (χ0v) is 21.5. The molecule has 6 aromatic carbocycles. The SMILES string of the molecule is O=c1c2ccccc2c2cccc3c4cc5c(cc4n1c23)-c1ccccc1C51c2ccccc2-c2ccccc21. The van der Waals surface area contributed by atoms with Crippen molar-refractivity contribution in [3.05, 3.63) is 160 Å². The van der Waals surface area contributed by atoms with Gasteiger partial charge in [0.25, 0.3) is 5.56 Å². The Balaban J connectivity index is 1.46. The van der Waals surface area contributed by atoms with Crippen LogP contribution in [0, 0.1) is 0 Å². The van der Waals surface area contributed by atoms with E-state index in [2.05, 4.69) is 109 Å². The van der Waals surface area contributed by atoms with Crippen LogP contribution in [0.2, 0.25) is 0 Å². The minimum absolute atomic E-state index is 0.0480. The second kappa shape index (κ2) is 6.86. The van der Waals surface area contributed by atoms with E-state index in [4.69, 9.17) is 0 Å². The van der Waals surface area contributed by atoms with Crippen molar-refractivity contribution in [2.24, 2.45) is 0 Å². The Labute approximate surface area is 229 Å². The molecular weight excluding hydrogens is 486 g/mol. The molecule has 8 aromatic rings. The third-order valence-electron chi connectivity index (χ3n) is 9.55. The van der Waals surface area contributed by atoms with Crippen molar-refractivity contribution in [2.75, 3.05) is 0 Å². The van der Waals surface area contributed by atoms with Gasteiger partial charge in [-0.3, -0.25) is 9.20 Å². The third kappa shape index (κ3) is 2.13. The number of hydrogen-bond donors (Lipinski definition) is 0.